The van der Waals surface area contributed by atoms with Crippen molar-refractivity contribution in [2.24, 2.45) is 0 Å². The number of hydrogen-bond donors (Lipinski definition) is 1. The Kier molecular flexibility index (Phi) is 4.61. The molecule has 1 heterocycles. The summed E-state index contributed by atoms with van der Waals surface area (Å²) in [6.07, 6.45) is 0.227. The Morgan fingerprint density at radius 2 is 1.92 bits per heavy atom. The monoisotopic (exact) mass is 339 g/mol. The lowest BCUT2D eigenvalue weighted by Gasteiger charge is -2.26. The molecule has 0 aliphatic carbocycles. The summed E-state index contributed by atoms with van der Waals surface area (Å²) in [4.78, 5) is 27.6. The molecule has 1 N–H and O–H groups in total. The maximum Gasteiger partial charge on any atom is 0.264 e. The van der Waals surface area contributed by atoms with Crippen LogP contribution in [-0.2, 0) is 16.0 Å². The van der Waals surface area contributed by atoms with Crippen molar-refractivity contribution >= 4 is 28.9 Å². The first-order valence-corrected chi connectivity index (χ1v) is 8.03. The van der Waals surface area contributed by atoms with Gasteiger partial charge in [-0.05, 0) is 42.0 Å². The third-order valence-electron chi connectivity index (χ3n) is 4.14. The van der Waals surface area contributed by atoms with Crippen molar-refractivity contribution in [3.05, 3.63) is 48.0 Å². The van der Waals surface area contributed by atoms with Crippen LogP contribution in [0.3, 0.4) is 0 Å². The van der Waals surface area contributed by atoms with Crippen molar-refractivity contribution in [2.75, 3.05) is 42.9 Å². The molecule has 0 atom stereocenters. The predicted octanol–water partition coefficient (Wildman–Crippen LogP) is 2.29. The molecule has 1 aliphatic rings. The molecular weight excluding hydrogens is 318 g/mol. The zero-order chi connectivity index (χ0) is 18.0. The lowest BCUT2D eigenvalue weighted by molar-refractivity contribution is -0.121. The number of carbonyl (C=O) groups excluding carboxylic acids is 2. The number of anilines is 3. The number of nitrogens with zero attached hydrogens (tertiary/aromatic N) is 2. The van der Waals surface area contributed by atoms with Gasteiger partial charge in [0.2, 0.25) is 5.91 Å². The highest BCUT2D eigenvalue weighted by molar-refractivity contribution is 5.98. The van der Waals surface area contributed by atoms with Gasteiger partial charge in [-0.1, -0.05) is 6.07 Å². The Hall–Kier alpha value is -3.02. The molecule has 0 spiro atoms. The van der Waals surface area contributed by atoms with E-state index in [2.05, 4.69) is 5.32 Å². The average Bonchev–Trinajstić information content (AvgIpc) is 2.59. The highest BCUT2D eigenvalue weighted by atomic mass is 16.5. The summed E-state index contributed by atoms with van der Waals surface area (Å²) < 4.78 is 5.40. The zero-order valence-electron chi connectivity index (χ0n) is 14.6. The van der Waals surface area contributed by atoms with E-state index in [0.717, 1.165) is 16.9 Å². The molecule has 3 rings (SSSR count). The molecule has 2 aromatic rings. The van der Waals surface area contributed by atoms with Crippen molar-refractivity contribution in [2.45, 2.75) is 6.42 Å². The molecule has 25 heavy (non-hydrogen) atoms. The Morgan fingerprint density at radius 3 is 2.60 bits per heavy atom. The highest BCUT2D eigenvalue weighted by Gasteiger charge is 2.22. The highest BCUT2D eigenvalue weighted by Crippen LogP contribution is 2.32. The molecule has 1 aliphatic heterocycles. The number of carbonyl (C=O) groups is 2. The molecule has 6 nitrogen and oxygen atoms in total. The van der Waals surface area contributed by atoms with Crippen LogP contribution in [0.4, 0.5) is 17.1 Å². The number of likely N-dealkylation sites (N-methyl/N-ethyl adjacent to an activating group) is 1. The van der Waals surface area contributed by atoms with Crippen molar-refractivity contribution in [1.82, 2.24) is 0 Å². The maximum atomic E-state index is 12.3. The quantitative estimate of drug-likeness (QED) is 0.928. The molecule has 130 valence electrons. The summed E-state index contributed by atoms with van der Waals surface area (Å²) >= 11 is 0. The normalized spacial score (nSPS) is 13.1. The van der Waals surface area contributed by atoms with E-state index in [-0.39, 0.29) is 24.8 Å². The summed E-state index contributed by atoms with van der Waals surface area (Å²) in [6.45, 7) is 0.0479. The minimum Gasteiger partial charge on any atom is -0.482 e. The average molecular weight is 339 g/mol. The topological polar surface area (TPSA) is 61.9 Å². The smallest absolute Gasteiger partial charge is 0.264 e. The zero-order valence-corrected chi connectivity index (χ0v) is 14.6. The molecule has 0 fully saturated rings. The SMILES string of the molecule is CN(C)c1ccc(NC(=O)Cc2ccc3c(c2)N(C)C(=O)CO3)cc1. The lowest BCUT2D eigenvalue weighted by atomic mass is 10.1. The van der Waals surface area contributed by atoms with Gasteiger partial charge < -0.3 is 19.9 Å². The van der Waals surface area contributed by atoms with Crippen LogP contribution in [0.25, 0.3) is 0 Å². The third kappa shape index (κ3) is 3.74. The summed E-state index contributed by atoms with van der Waals surface area (Å²) in [7, 11) is 5.64. The van der Waals surface area contributed by atoms with Crippen molar-refractivity contribution in [3.63, 3.8) is 0 Å². The predicted molar refractivity (Wildman–Crippen MR) is 98.4 cm³/mol. The molecule has 0 bridgehead atoms. The second kappa shape index (κ2) is 6.84. The first kappa shape index (κ1) is 16.8. The molecule has 0 saturated heterocycles. The van der Waals surface area contributed by atoms with E-state index in [1.807, 2.05) is 55.4 Å². The van der Waals surface area contributed by atoms with Gasteiger partial charge in [0.15, 0.2) is 6.61 Å². The number of hydrogen-bond acceptors (Lipinski definition) is 4. The van der Waals surface area contributed by atoms with Crippen LogP contribution >= 0.6 is 0 Å². The van der Waals surface area contributed by atoms with E-state index >= 15 is 0 Å². The molecular formula is C19H21N3O3. The van der Waals surface area contributed by atoms with Gasteiger partial charge in [0.1, 0.15) is 5.75 Å². The molecule has 0 radical (unpaired) electrons. The van der Waals surface area contributed by atoms with Crippen LogP contribution in [0.2, 0.25) is 0 Å². The first-order valence-electron chi connectivity index (χ1n) is 8.03. The molecule has 2 aromatic carbocycles. The summed E-state index contributed by atoms with van der Waals surface area (Å²) in [5.41, 5.74) is 3.34. The fourth-order valence-corrected chi connectivity index (χ4v) is 2.66. The molecule has 0 unspecified atom stereocenters. The second-order valence-corrected chi connectivity index (χ2v) is 6.21. The number of rotatable bonds is 4. The van der Waals surface area contributed by atoms with Crippen LogP contribution in [0.1, 0.15) is 5.56 Å². The largest absolute Gasteiger partial charge is 0.482 e. The van der Waals surface area contributed by atoms with E-state index in [4.69, 9.17) is 4.74 Å². The number of nitrogens with one attached hydrogen (secondary N) is 1. The van der Waals surface area contributed by atoms with Gasteiger partial charge >= 0.3 is 0 Å². The van der Waals surface area contributed by atoms with Crippen LogP contribution in [-0.4, -0.2) is 39.6 Å². The first-order chi connectivity index (χ1) is 11.9. The molecule has 2 amide bonds. The Balaban J connectivity index is 1.68. The van der Waals surface area contributed by atoms with Gasteiger partial charge in [-0.15, -0.1) is 0 Å². The standard InChI is InChI=1S/C19H21N3O3/c1-21(2)15-7-5-14(6-8-15)20-18(23)11-13-4-9-17-16(10-13)22(3)19(24)12-25-17/h4-10H,11-12H2,1-3H3,(H,20,23). The maximum absolute atomic E-state index is 12.3. The van der Waals surface area contributed by atoms with E-state index in [0.29, 0.717) is 11.4 Å². The summed E-state index contributed by atoms with van der Waals surface area (Å²) in [5.74, 6) is 0.448. The van der Waals surface area contributed by atoms with Crippen LogP contribution in [0, 0.1) is 0 Å². The minimum absolute atomic E-state index is 0.0479. The van der Waals surface area contributed by atoms with Gasteiger partial charge in [0.25, 0.3) is 5.91 Å². The van der Waals surface area contributed by atoms with Crippen LogP contribution in [0.15, 0.2) is 42.5 Å². The van der Waals surface area contributed by atoms with Crippen molar-refractivity contribution < 1.29 is 14.3 Å². The van der Waals surface area contributed by atoms with E-state index in [9.17, 15) is 9.59 Å². The van der Waals surface area contributed by atoms with E-state index in [1.54, 1.807) is 18.0 Å². The van der Waals surface area contributed by atoms with Gasteiger partial charge in [-0.2, -0.15) is 0 Å². The van der Waals surface area contributed by atoms with Crippen molar-refractivity contribution in [1.29, 1.82) is 0 Å². The minimum atomic E-state index is -0.108. The Labute approximate surface area is 147 Å². The Morgan fingerprint density at radius 1 is 1.20 bits per heavy atom. The summed E-state index contributed by atoms with van der Waals surface area (Å²) in [6, 6.07) is 13.1. The number of ether oxygens (including phenoxy) is 1. The fraction of sp³-hybridized carbons (Fsp3) is 0.263. The number of benzene rings is 2. The van der Waals surface area contributed by atoms with Gasteiger partial charge in [-0.3, -0.25) is 9.59 Å². The van der Waals surface area contributed by atoms with Gasteiger partial charge in [0, 0.05) is 32.5 Å². The number of fused-ring (bicyclic) bond motifs is 1. The third-order valence-corrected chi connectivity index (χ3v) is 4.14. The lowest BCUT2D eigenvalue weighted by Crippen LogP contribution is -2.35. The fourth-order valence-electron chi connectivity index (χ4n) is 2.66. The van der Waals surface area contributed by atoms with Gasteiger partial charge in [-0.25, -0.2) is 0 Å². The van der Waals surface area contributed by atoms with E-state index in [1.165, 1.54) is 0 Å². The van der Waals surface area contributed by atoms with Crippen molar-refractivity contribution in [3.8, 4) is 5.75 Å². The molecule has 0 saturated carbocycles. The summed E-state index contributed by atoms with van der Waals surface area (Å²) in [5, 5.41) is 2.89. The second-order valence-electron chi connectivity index (χ2n) is 6.21. The van der Waals surface area contributed by atoms with Gasteiger partial charge in [0.05, 0.1) is 12.1 Å². The number of amides is 2. The molecule has 6 heteroatoms. The van der Waals surface area contributed by atoms with Crippen LogP contribution in [0.5, 0.6) is 5.75 Å². The molecule has 0 aromatic heterocycles. The van der Waals surface area contributed by atoms with Crippen LogP contribution < -0.4 is 19.9 Å². The van der Waals surface area contributed by atoms with E-state index < -0.39 is 0 Å². The Bertz CT molecular complexity index is 800.